The predicted octanol–water partition coefficient (Wildman–Crippen LogP) is -1.07. The number of aliphatic hydroxyl groups is 1. The highest BCUT2D eigenvalue weighted by Gasteiger charge is 2.24. The quantitative estimate of drug-likeness (QED) is 0.444. The van der Waals surface area contributed by atoms with Crippen LogP contribution in [-0.2, 0) is 0 Å². The Morgan fingerprint density at radius 1 is 1.73 bits per heavy atom. The van der Waals surface area contributed by atoms with Crippen molar-refractivity contribution >= 4 is 0 Å². The van der Waals surface area contributed by atoms with Crippen molar-refractivity contribution in [2.45, 2.75) is 25.1 Å². The normalized spacial score (nSPS) is 33.2. The van der Waals surface area contributed by atoms with Crippen LogP contribution in [0, 0.1) is 12.3 Å². The van der Waals surface area contributed by atoms with Gasteiger partial charge in [0.25, 0.3) is 0 Å². The van der Waals surface area contributed by atoms with E-state index in [1.807, 2.05) is 6.92 Å². The molecule has 0 radical (unpaired) electrons. The first-order chi connectivity index (χ1) is 5.24. The van der Waals surface area contributed by atoms with Crippen LogP contribution in [0.4, 0.5) is 0 Å². The minimum Gasteiger partial charge on any atom is -0.390 e. The molecule has 11 heavy (non-hydrogen) atoms. The molecule has 1 saturated heterocycles. The van der Waals surface area contributed by atoms with Crippen LogP contribution in [0.5, 0.6) is 0 Å². The Kier molecular flexibility index (Phi) is 2.89. The molecule has 0 spiro atoms. The van der Waals surface area contributed by atoms with Crippen LogP contribution < -0.4 is 10.6 Å². The monoisotopic (exact) mass is 154 g/mol. The van der Waals surface area contributed by atoms with Gasteiger partial charge < -0.3 is 10.4 Å². The molecule has 3 atom stereocenters. The Bertz CT molecular complexity index is 164. The van der Waals surface area contributed by atoms with Crippen LogP contribution in [-0.4, -0.2) is 36.4 Å². The maximum absolute atomic E-state index is 9.34. The summed E-state index contributed by atoms with van der Waals surface area (Å²) in [6, 6.07) is 0.149. The maximum Gasteiger partial charge on any atom is 0.0830 e. The second-order valence-electron chi connectivity index (χ2n) is 2.89. The summed E-state index contributed by atoms with van der Waals surface area (Å²) in [7, 11) is 0. The van der Waals surface area contributed by atoms with Crippen LogP contribution in [0.3, 0.4) is 0 Å². The fourth-order valence-corrected chi connectivity index (χ4v) is 1.20. The van der Waals surface area contributed by atoms with Crippen molar-refractivity contribution in [3.8, 4) is 12.3 Å². The van der Waals surface area contributed by atoms with E-state index in [1.54, 1.807) is 0 Å². The summed E-state index contributed by atoms with van der Waals surface area (Å²) in [4.78, 5) is 0. The van der Waals surface area contributed by atoms with Gasteiger partial charge in [-0.25, -0.2) is 0 Å². The van der Waals surface area contributed by atoms with Crippen LogP contribution in [0.25, 0.3) is 0 Å². The maximum atomic E-state index is 9.34. The zero-order valence-corrected chi connectivity index (χ0v) is 6.67. The largest absolute Gasteiger partial charge is 0.390 e. The third-order valence-electron chi connectivity index (χ3n) is 1.90. The molecular formula is C8H14N2O. The van der Waals surface area contributed by atoms with Gasteiger partial charge >= 0.3 is 0 Å². The molecule has 3 N–H and O–H groups in total. The van der Waals surface area contributed by atoms with Gasteiger partial charge in [-0.2, -0.15) is 0 Å². The van der Waals surface area contributed by atoms with Gasteiger partial charge in [-0.3, -0.25) is 5.32 Å². The molecule has 1 fully saturated rings. The van der Waals surface area contributed by atoms with Crippen molar-refractivity contribution in [1.29, 1.82) is 0 Å². The van der Waals surface area contributed by atoms with Crippen molar-refractivity contribution < 1.29 is 5.11 Å². The fraction of sp³-hybridized carbons (Fsp3) is 0.750. The van der Waals surface area contributed by atoms with Gasteiger partial charge in [-0.15, -0.1) is 6.42 Å². The number of β-amino-alcohol motifs (C(OH)–C–C–N with tert-alkyl or cyclic N) is 1. The molecule has 62 valence electrons. The third-order valence-corrected chi connectivity index (χ3v) is 1.90. The molecule has 0 aromatic heterocycles. The number of rotatable bonds is 2. The molecule has 0 saturated carbocycles. The lowest BCUT2D eigenvalue weighted by atomic mass is 10.2. The van der Waals surface area contributed by atoms with E-state index in [0.29, 0.717) is 6.54 Å². The Morgan fingerprint density at radius 3 is 2.91 bits per heavy atom. The van der Waals surface area contributed by atoms with E-state index < -0.39 is 0 Å². The fourth-order valence-electron chi connectivity index (χ4n) is 1.20. The standard InChI is InChI=1S/C8H14N2O/c1-3-6(2)10-7-4-9-5-8(7)11/h1,6-11H,4-5H2,2H3/t6?,7-,8-/m1/s1. The third kappa shape index (κ3) is 2.19. The minimum absolute atomic E-state index is 0.0366. The summed E-state index contributed by atoms with van der Waals surface area (Å²) < 4.78 is 0. The number of aliphatic hydroxyl groups excluding tert-OH is 1. The highest BCUT2D eigenvalue weighted by molar-refractivity contribution is 4.99. The van der Waals surface area contributed by atoms with Crippen LogP contribution in [0.2, 0.25) is 0 Å². The van der Waals surface area contributed by atoms with Gasteiger partial charge in [0.15, 0.2) is 0 Å². The predicted molar refractivity (Wildman–Crippen MR) is 44.1 cm³/mol. The summed E-state index contributed by atoms with van der Waals surface area (Å²) in [6.45, 7) is 3.37. The molecule has 3 heteroatoms. The van der Waals surface area contributed by atoms with Crippen LogP contribution in [0.15, 0.2) is 0 Å². The van der Waals surface area contributed by atoms with Crippen molar-refractivity contribution in [3.05, 3.63) is 0 Å². The van der Waals surface area contributed by atoms with E-state index in [4.69, 9.17) is 6.42 Å². The number of terminal acetylenes is 1. The molecular weight excluding hydrogens is 140 g/mol. The van der Waals surface area contributed by atoms with Gasteiger partial charge in [0.1, 0.15) is 0 Å². The molecule has 1 aliphatic rings. The summed E-state index contributed by atoms with van der Waals surface area (Å²) in [6.07, 6.45) is 4.88. The van der Waals surface area contributed by atoms with Gasteiger partial charge in [0, 0.05) is 19.1 Å². The van der Waals surface area contributed by atoms with E-state index in [0.717, 1.165) is 6.54 Å². The molecule has 1 heterocycles. The lowest BCUT2D eigenvalue weighted by Crippen LogP contribution is -2.43. The van der Waals surface area contributed by atoms with E-state index in [-0.39, 0.29) is 18.2 Å². The summed E-state index contributed by atoms with van der Waals surface area (Å²) in [5, 5.41) is 15.5. The first kappa shape index (κ1) is 8.54. The molecule has 0 aliphatic carbocycles. The van der Waals surface area contributed by atoms with E-state index >= 15 is 0 Å². The van der Waals surface area contributed by atoms with Crippen molar-refractivity contribution in [2.24, 2.45) is 0 Å². The van der Waals surface area contributed by atoms with Gasteiger partial charge in [0.05, 0.1) is 12.1 Å². The lowest BCUT2D eigenvalue weighted by molar-refractivity contribution is 0.161. The molecule has 0 aromatic carbocycles. The van der Waals surface area contributed by atoms with Crippen molar-refractivity contribution in [3.63, 3.8) is 0 Å². The molecule has 1 rings (SSSR count). The highest BCUT2D eigenvalue weighted by atomic mass is 16.3. The van der Waals surface area contributed by atoms with Crippen LogP contribution in [0.1, 0.15) is 6.92 Å². The second kappa shape index (κ2) is 3.72. The Labute approximate surface area is 67.2 Å². The van der Waals surface area contributed by atoms with Crippen LogP contribution >= 0.6 is 0 Å². The van der Waals surface area contributed by atoms with Gasteiger partial charge in [-0.05, 0) is 6.92 Å². The van der Waals surface area contributed by atoms with E-state index in [1.165, 1.54) is 0 Å². The molecule has 0 aromatic rings. The molecule has 3 nitrogen and oxygen atoms in total. The average molecular weight is 154 g/mol. The Hall–Kier alpha value is -0.560. The van der Waals surface area contributed by atoms with E-state index in [2.05, 4.69) is 16.6 Å². The Morgan fingerprint density at radius 2 is 2.45 bits per heavy atom. The number of nitrogens with one attached hydrogen (secondary N) is 2. The average Bonchev–Trinajstić information content (AvgIpc) is 2.37. The Balaban J connectivity index is 2.32. The van der Waals surface area contributed by atoms with Gasteiger partial charge in [0.2, 0.25) is 0 Å². The van der Waals surface area contributed by atoms with Crippen molar-refractivity contribution in [1.82, 2.24) is 10.6 Å². The van der Waals surface area contributed by atoms with Gasteiger partial charge in [-0.1, -0.05) is 5.92 Å². The smallest absolute Gasteiger partial charge is 0.0830 e. The topological polar surface area (TPSA) is 44.3 Å². The molecule has 0 bridgehead atoms. The first-order valence-corrected chi connectivity index (χ1v) is 3.85. The second-order valence-corrected chi connectivity index (χ2v) is 2.89. The summed E-state index contributed by atoms with van der Waals surface area (Å²) in [5.74, 6) is 2.56. The lowest BCUT2D eigenvalue weighted by Gasteiger charge is -2.17. The number of hydrogen-bond donors (Lipinski definition) is 3. The highest BCUT2D eigenvalue weighted by Crippen LogP contribution is 1.99. The SMILES string of the molecule is C#CC(C)N[C@@H]1CNC[C@H]1O. The zero-order chi connectivity index (χ0) is 8.27. The van der Waals surface area contributed by atoms with E-state index in [9.17, 15) is 5.11 Å². The first-order valence-electron chi connectivity index (χ1n) is 3.85. The van der Waals surface area contributed by atoms with Crippen molar-refractivity contribution in [2.75, 3.05) is 13.1 Å². The molecule has 1 aliphatic heterocycles. The number of hydrogen-bond acceptors (Lipinski definition) is 3. The summed E-state index contributed by atoms with van der Waals surface area (Å²) >= 11 is 0. The minimum atomic E-state index is -0.300. The molecule has 0 amide bonds. The summed E-state index contributed by atoms with van der Waals surface area (Å²) in [5.41, 5.74) is 0. The zero-order valence-electron chi connectivity index (χ0n) is 6.67. The molecule has 1 unspecified atom stereocenters.